The highest BCUT2D eigenvalue weighted by molar-refractivity contribution is 5.01. The van der Waals surface area contributed by atoms with E-state index in [0.29, 0.717) is 0 Å². The SMILES string of the molecule is CCC1(CCC(C)C)CC(CC)(CCC(C)C)C1. The maximum atomic E-state index is 2.42. The van der Waals surface area contributed by atoms with Gasteiger partial charge in [0.2, 0.25) is 0 Å². The molecule has 0 atom stereocenters. The Hall–Kier alpha value is 0. The summed E-state index contributed by atoms with van der Waals surface area (Å²) in [6.45, 7) is 14.3. The van der Waals surface area contributed by atoms with Crippen LogP contribution in [0.15, 0.2) is 0 Å². The number of hydrogen-bond acceptors (Lipinski definition) is 0. The molecule has 0 aliphatic heterocycles. The highest BCUT2D eigenvalue weighted by Gasteiger charge is 2.51. The Balaban J connectivity index is 2.48. The Bertz CT molecular complexity index is 206. The topological polar surface area (TPSA) is 0 Å². The van der Waals surface area contributed by atoms with Gasteiger partial charge in [-0.2, -0.15) is 0 Å². The quantitative estimate of drug-likeness (QED) is 0.466. The molecule has 0 aromatic carbocycles. The van der Waals surface area contributed by atoms with Crippen LogP contribution in [0.3, 0.4) is 0 Å². The molecule has 0 amide bonds. The Labute approximate surface area is 116 Å². The second kappa shape index (κ2) is 6.44. The monoisotopic (exact) mass is 252 g/mol. The zero-order chi connectivity index (χ0) is 13.8. The molecule has 1 aliphatic rings. The predicted molar refractivity (Wildman–Crippen MR) is 82.8 cm³/mol. The van der Waals surface area contributed by atoms with Crippen LogP contribution >= 0.6 is 0 Å². The van der Waals surface area contributed by atoms with Gasteiger partial charge in [0.25, 0.3) is 0 Å². The van der Waals surface area contributed by atoms with Crippen LogP contribution in [0.4, 0.5) is 0 Å². The second-order valence-electron chi connectivity index (χ2n) is 7.93. The van der Waals surface area contributed by atoms with Crippen molar-refractivity contribution in [1.29, 1.82) is 0 Å². The molecule has 1 rings (SSSR count). The molecule has 0 aromatic heterocycles. The molecule has 0 N–H and O–H groups in total. The molecular weight excluding hydrogens is 216 g/mol. The van der Waals surface area contributed by atoms with E-state index in [-0.39, 0.29) is 0 Å². The standard InChI is InChI=1S/C18H36/c1-7-17(11-9-15(3)4)13-18(8-2,14-17)12-10-16(5)6/h15-16H,7-14H2,1-6H3. The van der Waals surface area contributed by atoms with Crippen molar-refractivity contribution in [1.82, 2.24) is 0 Å². The van der Waals surface area contributed by atoms with Crippen LogP contribution in [0.1, 0.15) is 92.9 Å². The molecule has 1 fully saturated rings. The summed E-state index contributed by atoms with van der Waals surface area (Å²) in [6, 6.07) is 0. The summed E-state index contributed by atoms with van der Waals surface area (Å²) in [6.07, 6.45) is 11.7. The molecule has 0 saturated heterocycles. The van der Waals surface area contributed by atoms with Gasteiger partial charge in [0, 0.05) is 0 Å². The molecule has 0 unspecified atom stereocenters. The van der Waals surface area contributed by atoms with E-state index in [0.717, 1.165) is 22.7 Å². The average Bonchev–Trinajstić information content (AvgIpc) is 2.27. The fourth-order valence-electron chi connectivity index (χ4n) is 3.94. The maximum absolute atomic E-state index is 2.42. The lowest BCUT2D eigenvalue weighted by Crippen LogP contribution is -2.46. The van der Waals surface area contributed by atoms with Gasteiger partial charge >= 0.3 is 0 Å². The summed E-state index contributed by atoms with van der Waals surface area (Å²) < 4.78 is 0. The summed E-state index contributed by atoms with van der Waals surface area (Å²) in [4.78, 5) is 0. The van der Waals surface area contributed by atoms with E-state index < -0.39 is 0 Å². The Kier molecular flexibility index (Phi) is 5.74. The van der Waals surface area contributed by atoms with E-state index in [1.807, 2.05) is 0 Å². The van der Waals surface area contributed by atoms with Gasteiger partial charge in [0.05, 0.1) is 0 Å². The summed E-state index contributed by atoms with van der Waals surface area (Å²) in [5.74, 6) is 1.75. The zero-order valence-electron chi connectivity index (χ0n) is 13.8. The normalized spacial score (nSPS) is 32.0. The third kappa shape index (κ3) is 4.00. The van der Waals surface area contributed by atoms with E-state index in [1.54, 1.807) is 0 Å². The van der Waals surface area contributed by atoms with Crippen molar-refractivity contribution >= 4 is 0 Å². The summed E-state index contributed by atoms with van der Waals surface area (Å²) in [7, 11) is 0. The van der Waals surface area contributed by atoms with Gasteiger partial charge in [0.15, 0.2) is 0 Å². The average molecular weight is 252 g/mol. The van der Waals surface area contributed by atoms with Crippen molar-refractivity contribution in [3.8, 4) is 0 Å². The first kappa shape index (κ1) is 16.1. The fourth-order valence-corrected chi connectivity index (χ4v) is 3.94. The fraction of sp³-hybridized carbons (Fsp3) is 1.00. The highest BCUT2D eigenvalue weighted by Crippen LogP contribution is 2.62. The molecule has 0 radical (unpaired) electrons. The van der Waals surface area contributed by atoms with Crippen molar-refractivity contribution in [3.63, 3.8) is 0 Å². The van der Waals surface area contributed by atoms with Gasteiger partial charge in [-0.05, 0) is 48.3 Å². The molecule has 0 nitrogen and oxygen atoms in total. The lowest BCUT2D eigenvalue weighted by atomic mass is 9.48. The van der Waals surface area contributed by atoms with Gasteiger partial charge in [-0.15, -0.1) is 0 Å². The van der Waals surface area contributed by atoms with Crippen LogP contribution < -0.4 is 0 Å². The van der Waals surface area contributed by atoms with Crippen LogP contribution in [0.2, 0.25) is 0 Å². The van der Waals surface area contributed by atoms with Crippen LogP contribution in [-0.2, 0) is 0 Å². The van der Waals surface area contributed by atoms with Gasteiger partial charge < -0.3 is 0 Å². The summed E-state index contributed by atoms with van der Waals surface area (Å²) in [5.41, 5.74) is 1.44. The predicted octanol–water partition coefficient (Wildman–Crippen LogP) is 6.45. The molecule has 0 heteroatoms. The Morgan fingerprint density at radius 1 is 0.722 bits per heavy atom. The van der Waals surface area contributed by atoms with Crippen molar-refractivity contribution in [2.75, 3.05) is 0 Å². The molecular formula is C18H36. The smallest absolute Gasteiger partial charge is 0.0289 e. The van der Waals surface area contributed by atoms with Crippen LogP contribution in [0.5, 0.6) is 0 Å². The highest BCUT2D eigenvalue weighted by atomic mass is 14.6. The third-order valence-electron chi connectivity index (χ3n) is 5.50. The van der Waals surface area contributed by atoms with E-state index in [4.69, 9.17) is 0 Å². The minimum absolute atomic E-state index is 0.720. The lowest BCUT2D eigenvalue weighted by Gasteiger charge is -2.57. The Morgan fingerprint density at radius 2 is 1.06 bits per heavy atom. The summed E-state index contributed by atoms with van der Waals surface area (Å²) in [5, 5.41) is 0. The van der Waals surface area contributed by atoms with Crippen LogP contribution in [0, 0.1) is 22.7 Å². The first-order valence-corrected chi connectivity index (χ1v) is 8.37. The summed E-state index contributed by atoms with van der Waals surface area (Å²) >= 11 is 0. The van der Waals surface area contributed by atoms with Crippen molar-refractivity contribution in [2.45, 2.75) is 92.9 Å². The van der Waals surface area contributed by atoms with Crippen molar-refractivity contribution in [2.24, 2.45) is 22.7 Å². The molecule has 0 bridgehead atoms. The van der Waals surface area contributed by atoms with Crippen LogP contribution in [0.25, 0.3) is 0 Å². The molecule has 108 valence electrons. The van der Waals surface area contributed by atoms with Crippen molar-refractivity contribution in [3.05, 3.63) is 0 Å². The maximum Gasteiger partial charge on any atom is -0.0289 e. The van der Waals surface area contributed by atoms with Gasteiger partial charge in [-0.25, -0.2) is 0 Å². The largest absolute Gasteiger partial charge is 0.0649 e. The van der Waals surface area contributed by atoms with E-state index >= 15 is 0 Å². The van der Waals surface area contributed by atoms with E-state index in [1.165, 1.54) is 51.4 Å². The lowest BCUT2D eigenvalue weighted by molar-refractivity contribution is -0.0648. The van der Waals surface area contributed by atoms with Gasteiger partial charge in [-0.1, -0.05) is 67.2 Å². The molecule has 0 aromatic rings. The van der Waals surface area contributed by atoms with Crippen molar-refractivity contribution < 1.29 is 0 Å². The first-order chi connectivity index (χ1) is 8.37. The minimum atomic E-state index is 0.720. The van der Waals surface area contributed by atoms with E-state index in [9.17, 15) is 0 Å². The van der Waals surface area contributed by atoms with Gasteiger partial charge in [0.1, 0.15) is 0 Å². The second-order valence-corrected chi connectivity index (χ2v) is 7.93. The van der Waals surface area contributed by atoms with Crippen LogP contribution in [-0.4, -0.2) is 0 Å². The molecule has 1 aliphatic carbocycles. The van der Waals surface area contributed by atoms with Gasteiger partial charge in [-0.3, -0.25) is 0 Å². The van der Waals surface area contributed by atoms with E-state index in [2.05, 4.69) is 41.5 Å². The molecule has 0 spiro atoms. The molecule has 1 saturated carbocycles. The first-order valence-electron chi connectivity index (χ1n) is 8.37. The zero-order valence-corrected chi connectivity index (χ0v) is 13.8. The third-order valence-corrected chi connectivity index (χ3v) is 5.50. The number of rotatable bonds is 8. The minimum Gasteiger partial charge on any atom is -0.0649 e. The molecule has 0 heterocycles. The Morgan fingerprint density at radius 3 is 1.28 bits per heavy atom. The number of hydrogen-bond donors (Lipinski definition) is 0. The molecule has 18 heavy (non-hydrogen) atoms.